The lowest BCUT2D eigenvalue weighted by Gasteiger charge is -2.30. The molecule has 1 aliphatic rings. The van der Waals surface area contributed by atoms with Gasteiger partial charge in [-0.05, 0) is 44.7 Å². The molecular formula is C16H34N2. The van der Waals surface area contributed by atoms with E-state index in [-0.39, 0.29) is 0 Å². The number of hydrogen-bond donors (Lipinski definition) is 1. The van der Waals surface area contributed by atoms with Crippen LogP contribution in [-0.4, -0.2) is 36.6 Å². The highest BCUT2D eigenvalue weighted by molar-refractivity contribution is 4.78. The van der Waals surface area contributed by atoms with Gasteiger partial charge in [0.2, 0.25) is 0 Å². The molecule has 1 aliphatic carbocycles. The Bertz CT molecular complexity index is 195. The second-order valence-corrected chi connectivity index (χ2v) is 6.64. The van der Waals surface area contributed by atoms with Crippen molar-refractivity contribution in [2.75, 3.05) is 19.6 Å². The molecule has 0 amide bonds. The summed E-state index contributed by atoms with van der Waals surface area (Å²) in [5.41, 5.74) is 0. The maximum atomic E-state index is 3.51. The summed E-state index contributed by atoms with van der Waals surface area (Å²) in [7, 11) is 0. The molecule has 0 spiro atoms. The highest BCUT2D eigenvalue weighted by Gasteiger charge is 2.22. The van der Waals surface area contributed by atoms with Gasteiger partial charge in [-0.2, -0.15) is 0 Å². The molecule has 0 aromatic carbocycles. The minimum absolute atomic E-state index is 0.631. The Morgan fingerprint density at radius 3 is 2.28 bits per heavy atom. The Kier molecular flexibility index (Phi) is 7.92. The minimum Gasteiger partial charge on any atom is -0.315 e. The average Bonchev–Trinajstić information content (AvgIpc) is 2.79. The van der Waals surface area contributed by atoms with Crippen molar-refractivity contribution in [1.82, 2.24) is 10.2 Å². The van der Waals surface area contributed by atoms with Crippen LogP contribution >= 0.6 is 0 Å². The SMILES string of the molecule is CC(C)CN(CCCCNC(C)C)C1CCCC1. The number of nitrogens with zero attached hydrogens (tertiary/aromatic N) is 1. The molecule has 0 bridgehead atoms. The van der Waals surface area contributed by atoms with Crippen LogP contribution in [-0.2, 0) is 0 Å². The predicted molar refractivity (Wildman–Crippen MR) is 81.0 cm³/mol. The first-order chi connectivity index (χ1) is 8.59. The third kappa shape index (κ3) is 6.75. The fourth-order valence-corrected chi connectivity index (χ4v) is 2.99. The molecule has 1 saturated carbocycles. The van der Waals surface area contributed by atoms with E-state index in [0.717, 1.165) is 12.0 Å². The van der Waals surface area contributed by atoms with Crippen molar-refractivity contribution in [3.05, 3.63) is 0 Å². The zero-order chi connectivity index (χ0) is 13.4. The topological polar surface area (TPSA) is 15.3 Å². The van der Waals surface area contributed by atoms with Gasteiger partial charge in [0, 0.05) is 18.6 Å². The summed E-state index contributed by atoms with van der Waals surface area (Å²) in [6, 6.07) is 1.53. The van der Waals surface area contributed by atoms with E-state index in [1.54, 1.807) is 0 Å². The van der Waals surface area contributed by atoms with Crippen molar-refractivity contribution in [2.45, 2.75) is 78.3 Å². The molecule has 0 saturated heterocycles. The molecule has 0 aromatic rings. The molecule has 1 fully saturated rings. The van der Waals surface area contributed by atoms with Gasteiger partial charge in [-0.3, -0.25) is 0 Å². The maximum absolute atomic E-state index is 3.51. The van der Waals surface area contributed by atoms with Gasteiger partial charge in [-0.25, -0.2) is 0 Å². The van der Waals surface area contributed by atoms with Crippen molar-refractivity contribution in [1.29, 1.82) is 0 Å². The van der Waals surface area contributed by atoms with Crippen molar-refractivity contribution in [2.24, 2.45) is 5.92 Å². The largest absolute Gasteiger partial charge is 0.315 e. The van der Waals surface area contributed by atoms with Crippen LogP contribution in [0.4, 0.5) is 0 Å². The molecule has 108 valence electrons. The summed E-state index contributed by atoms with van der Waals surface area (Å²) >= 11 is 0. The second-order valence-electron chi connectivity index (χ2n) is 6.64. The van der Waals surface area contributed by atoms with Crippen LogP contribution in [0.1, 0.15) is 66.2 Å². The smallest absolute Gasteiger partial charge is 0.00953 e. The van der Waals surface area contributed by atoms with Gasteiger partial charge < -0.3 is 10.2 Å². The van der Waals surface area contributed by atoms with Gasteiger partial charge in [0.15, 0.2) is 0 Å². The first kappa shape index (κ1) is 16.0. The molecule has 0 aliphatic heterocycles. The van der Waals surface area contributed by atoms with Crippen LogP contribution < -0.4 is 5.32 Å². The lowest BCUT2D eigenvalue weighted by atomic mass is 10.1. The monoisotopic (exact) mass is 254 g/mol. The normalized spacial score (nSPS) is 17.5. The standard InChI is InChI=1S/C16H34N2/c1-14(2)13-18(16-9-5-6-10-16)12-8-7-11-17-15(3)4/h14-17H,5-13H2,1-4H3. The van der Waals surface area contributed by atoms with Gasteiger partial charge in [0.25, 0.3) is 0 Å². The average molecular weight is 254 g/mol. The minimum atomic E-state index is 0.631. The fourth-order valence-electron chi connectivity index (χ4n) is 2.99. The molecule has 0 aromatic heterocycles. The first-order valence-electron chi connectivity index (χ1n) is 8.07. The predicted octanol–water partition coefficient (Wildman–Crippen LogP) is 3.67. The van der Waals surface area contributed by atoms with Gasteiger partial charge >= 0.3 is 0 Å². The Morgan fingerprint density at radius 1 is 1.06 bits per heavy atom. The summed E-state index contributed by atoms with van der Waals surface area (Å²) in [6.45, 7) is 12.9. The number of unbranched alkanes of at least 4 members (excludes halogenated alkanes) is 1. The molecule has 0 radical (unpaired) electrons. The number of hydrogen-bond acceptors (Lipinski definition) is 2. The molecule has 18 heavy (non-hydrogen) atoms. The van der Waals surface area contributed by atoms with Crippen molar-refractivity contribution < 1.29 is 0 Å². The maximum Gasteiger partial charge on any atom is 0.00953 e. The third-order valence-corrected chi connectivity index (χ3v) is 3.87. The van der Waals surface area contributed by atoms with E-state index in [0.29, 0.717) is 6.04 Å². The van der Waals surface area contributed by atoms with E-state index < -0.39 is 0 Å². The van der Waals surface area contributed by atoms with Gasteiger partial charge in [-0.1, -0.05) is 40.5 Å². The van der Waals surface area contributed by atoms with Crippen molar-refractivity contribution in [3.8, 4) is 0 Å². The van der Waals surface area contributed by atoms with Crippen LogP contribution in [0.2, 0.25) is 0 Å². The molecule has 2 nitrogen and oxygen atoms in total. The molecule has 0 atom stereocenters. The van der Waals surface area contributed by atoms with Crippen LogP contribution in [0.15, 0.2) is 0 Å². The van der Waals surface area contributed by atoms with E-state index >= 15 is 0 Å². The van der Waals surface area contributed by atoms with Crippen LogP contribution in [0, 0.1) is 5.92 Å². The van der Waals surface area contributed by atoms with Gasteiger partial charge in [-0.15, -0.1) is 0 Å². The summed E-state index contributed by atoms with van der Waals surface area (Å²) in [4.78, 5) is 2.77. The van der Waals surface area contributed by atoms with Crippen LogP contribution in [0.25, 0.3) is 0 Å². The van der Waals surface area contributed by atoms with Crippen molar-refractivity contribution in [3.63, 3.8) is 0 Å². The zero-order valence-electron chi connectivity index (χ0n) is 13.0. The summed E-state index contributed by atoms with van der Waals surface area (Å²) in [5, 5.41) is 3.51. The lowest BCUT2D eigenvalue weighted by molar-refractivity contribution is 0.173. The Labute approximate surface area is 115 Å². The molecular weight excluding hydrogens is 220 g/mol. The Balaban J connectivity index is 2.19. The summed E-state index contributed by atoms with van der Waals surface area (Å²) in [5.74, 6) is 0.805. The Morgan fingerprint density at radius 2 is 1.72 bits per heavy atom. The quantitative estimate of drug-likeness (QED) is 0.632. The second kappa shape index (κ2) is 8.92. The number of nitrogens with one attached hydrogen (secondary N) is 1. The van der Waals surface area contributed by atoms with E-state index in [1.807, 2.05) is 0 Å². The van der Waals surface area contributed by atoms with E-state index in [4.69, 9.17) is 0 Å². The molecule has 1 rings (SSSR count). The van der Waals surface area contributed by atoms with Gasteiger partial charge in [0.05, 0.1) is 0 Å². The highest BCUT2D eigenvalue weighted by atomic mass is 15.2. The highest BCUT2D eigenvalue weighted by Crippen LogP contribution is 2.24. The van der Waals surface area contributed by atoms with Crippen LogP contribution in [0.5, 0.6) is 0 Å². The van der Waals surface area contributed by atoms with E-state index in [9.17, 15) is 0 Å². The Hall–Kier alpha value is -0.0800. The molecule has 1 N–H and O–H groups in total. The third-order valence-electron chi connectivity index (χ3n) is 3.87. The molecule has 2 heteroatoms. The zero-order valence-corrected chi connectivity index (χ0v) is 13.0. The van der Waals surface area contributed by atoms with Crippen molar-refractivity contribution >= 4 is 0 Å². The van der Waals surface area contributed by atoms with E-state index in [2.05, 4.69) is 37.9 Å². The lowest BCUT2D eigenvalue weighted by Crippen LogP contribution is -2.37. The summed E-state index contributed by atoms with van der Waals surface area (Å²) in [6.07, 6.45) is 8.46. The molecule has 0 unspecified atom stereocenters. The van der Waals surface area contributed by atoms with Gasteiger partial charge in [0.1, 0.15) is 0 Å². The van der Waals surface area contributed by atoms with E-state index in [1.165, 1.54) is 58.2 Å². The summed E-state index contributed by atoms with van der Waals surface area (Å²) < 4.78 is 0. The number of rotatable bonds is 9. The first-order valence-corrected chi connectivity index (χ1v) is 8.07. The van der Waals surface area contributed by atoms with Crippen LogP contribution in [0.3, 0.4) is 0 Å². The fraction of sp³-hybridized carbons (Fsp3) is 1.00. The molecule has 0 heterocycles.